The number of nitrogens with zero attached hydrogens (tertiary/aromatic N) is 4. The highest BCUT2D eigenvalue weighted by molar-refractivity contribution is 8.14. The maximum absolute atomic E-state index is 12.7. The number of hydrogen-bond acceptors (Lipinski definition) is 7. The van der Waals surface area contributed by atoms with Gasteiger partial charge in [-0.15, -0.1) is 5.10 Å². The first-order chi connectivity index (χ1) is 16.2. The number of carbonyl (C=O) groups is 3. The van der Waals surface area contributed by atoms with Gasteiger partial charge in [0.1, 0.15) is 5.25 Å². The minimum Gasteiger partial charge on any atom is -0.478 e. The SMILES string of the molecule is CC(/C=C/c1ccc(N(C)C)cc1)=N/N=C(N)SC1CC(=O)N(c2ccc(C(=O)O)cc2)C1=O. The van der Waals surface area contributed by atoms with Crippen molar-refractivity contribution in [1.82, 2.24) is 0 Å². The van der Waals surface area contributed by atoms with Gasteiger partial charge in [0.25, 0.3) is 0 Å². The molecule has 2 aromatic carbocycles. The summed E-state index contributed by atoms with van der Waals surface area (Å²) in [5, 5.41) is 16.4. The summed E-state index contributed by atoms with van der Waals surface area (Å²) < 4.78 is 0. The number of aromatic carboxylic acids is 1. The molecular weight excluding hydrogens is 454 g/mol. The van der Waals surface area contributed by atoms with Gasteiger partial charge in [0.05, 0.1) is 17.0 Å². The summed E-state index contributed by atoms with van der Waals surface area (Å²) in [4.78, 5) is 39.2. The third-order valence-corrected chi connectivity index (χ3v) is 5.95. The van der Waals surface area contributed by atoms with E-state index < -0.39 is 17.1 Å². The Labute approximate surface area is 201 Å². The molecule has 1 heterocycles. The largest absolute Gasteiger partial charge is 0.478 e. The average Bonchev–Trinajstić information content (AvgIpc) is 3.09. The van der Waals surface area contributed by atoms with Crippen LogP contribution < -0.4 is 15.5 Å². The molecule has 1 aliphatic heterocycles. The average molecular weight is 480 g/mol. The Morgan fingerprint density at radius 1 is 1.12 bits per heavy atom. The van der Waals surface area contributed by atoms with E-state index in [1.54, 1.807) is 13.0 Å². The molecule has 1 atom stereocenters. The molecule has 2 aromatic rings. The number of allylic oxidation sites excluding steroid dienone is 1. The number of hydrogen-bond donors (Lipinski definition) is 2. The number of anilines is 2. The fourth-order valence-electron chi connectivity index (χ4n) is 3.15. The highest BCUT2D eigenvalue weighted by Crippen LogP contribution is 2.30. The van der Waals surface area contributed by atoms with Crippen LogP contribution >= 0.6 is 11.8 Å². The molecule has 10 heteroatoms. The Bertz CT molecular complexity index is 1170. The fourth-order valence-corrected chi connectivity index (χ4v) is 3.96. The smallest absolute Gasteiger partial charge is 0.335 e. The van der Waals surface area contributed by atoms with E-state index in [1.807, 2.05) is 49.3 Å². The van der Waals surface area contributed by atoms with E-state index in [9.17, 15) is 14.4 Å². The van der Waals surface area contributed by atoms with Crippen molar-refractivity contribution in [3.05, 3.63) is 65.7 Å². The van der Waals surface area contributed by atoms with Crippen LogP contribution in [0.2, 0.25) is 0 Å². The third-order valence-electron chi connectivity index (χ3n) is 4.97. The van der Waals surface area contributed by atoms with E-state index in [0.717, 1.165) is 27.9 Å². The molecule has 1 saturated heterocycles. The molecule has 1 aliphatic rings. The number of thioether (sulfide) groups is 1. The minimum absolute atomic E-state index is 0.0358. The fraction of sp³-hybridized carbons (Fsp3) is 0.208. The number of amidine groups is 1. The molecular formula is C24H25N5O4S. The van der Waals surface area contributed by atoms with Gasteiger partial charge in [0, 0.05) is 26.2 Å². The molecule has 3 rings (SSSR count). The number of nitrogens with two attached hydrogens (primary N) is 1. The summed E-state index contributed by atoms with van der Waals surface area (Å²) in [5.41, 5.74) is 9.05. The summed E-state index contributed by atoms with van der Waals surface area (Å²) in [7, 11) is 3.96. The van der Waals surface area contributed by atoms with Crippen molar-refractivity contribution in [2.45, 2.75) is 18.6 Å². The van der Waals surface area contributed by atoms with Crippen molar-refractivity contribution in [2.24, 2.45) is 15.9 Å². The van der Waals surface area contributed by atoms with Gasteiger partial charge in [-0.1, -0.05) is 30.0 Å². The van der Waals surface area contributed by atoms with E-state index in [0.29, 0.717) is 11.4 Å². The number of amides is 2. The first-order valence-electron chi connectivity index (χ1n) is 10.4. The molecule has 34 heavy (non-hydrogen) atoms. The quantitative estimate of drug-likeness (QED) is 0.270. The highest BCUT2D eigenvalue weighted by Gasteiger charge is 2.40. The molecule has 3 N–H and O–H groups in total. The summed E-state index contributed by atoms with van der Waals surface area (Å²) in [6.07, 6.45) is 3.68. The molecule has 176 valence electrons. The first kappa shape index (κ1) is 24.7. The number of carbonyl (C=O) groups excluding carboxylic acids is 2. The lowest BCUT2D eigenvalue weighted by Crippen LogP contribution is -2.31. The zero-order chi connectivity index (χ0) is 24.8. The maximum atomic E-state index is 12.7. The second-order valence-electron chi connectivity index (χ2n) is 7.73. The normalized spacial score (nSPS) is 17.0. The Morgan fingerprint density at radius 2 is 1.76 bits per heavy atom. The molecule has 0 aliphatic carbocycles. The molecule has 0 aromatic heterocycles. The second kappa shape index (κ2) is 10.8. The van der Waals surface area contributed by atoms with Crippen LogP contribution in [0.25, 0.3) is 6.08 Å². The van der Waals surface area contributed by atoms with Crippen LogP contribution in [0, 0.1) is 0 Å². The predicted molar refractivity (Wildman–Crippen MR) is 136 cm³/mol. The first-order valence-corrected chi connectivity index (χ1v) is 11.2. The zero-order valence-electron chi connectivity index (χ0n) is 19.0. The number of carboxylic acid groups (broad SMARTS) is 1. The van der Waals surface area contributed by atoms with Crippen LogP contribution in [0.5, 0.6) is 0 Å². The van der Waals surface area contributed by atoms with Crippen LogP contribution in [-0.4, -0.2) is 53.1 Å². The Kier molecular flexibility index (Phi) is 7.85. The lowest BCUT2D eigenvalue weighted by Gasteiger charge is -2.14. The number of imide groups is 1. The van der Waals surface area contributed by atoms with Gasteiger partial charge in [-0.2, -0.15) is 5.10 Å². The lowest BCUT2D eigenvalue weighted by atomic mass is 10.2. The van der Waals surface area contributed by atoms with Crippen molar-refractivity contribution < 1.29 is 19.5 Å². The van der Waals surface area contributed by atoms with E-state index in [-0.39, 0.29) is 23.1 Å². The third kappa shape index (κ3) is 6.10. The molecule has 2 amide bonds. The maximum Gasteiger partial charge on any atom is 0.335 e. The number of rotatable bonds is 7. The van der Waals surface area contributed by atoms with Crippen molar-refractivity contribution in [1.29, 1.82) is 0 Å². The Hall–Kier alpha value is -3.92. The van der Waals surface area contributed by atoms with Crippen LogP contribution in [-0.2, 0) is 9.59 Å². The van der Waals surface area contributed by atoms with Gasteiger partial charge >= 0.3 is 5.97 Å². The highest BCUT2D eigenvalue weighted by atomic mass is 32.2. The molecule has 0 radical (unpaired) electrons. The molecule has 1 unspecified atom stereocenters. The lowest BCUT2D eigenvalue weighted by molar-refractivity contribution is -0.121. The van der Waals surface area contributed by atoms with Crippen molar-refractivity contribution >= 4 is 57.9 Å². The Morgan fingerprint density at radius 3 is 2.35 bits per heavy atom. The summed E-state index contributed by atoms with van der Waals surface area (Å²) in [6, 6.07) is 13.6. The zero-order valence-corrected chi connectivity index (χ0v) is 19.8. The van der Waals surface area contributed by atoms with Crippen LogP contribution in [0.3, 0.4) is 0 Å². The topological polar surface area (TPSA) is 129 Å². The molecule has 9 nitrogen and oxygen atoms in total. The van der Waals surface area contributed by atoms with Crippen molar-refractivity contribution in [3.8, 4) is 0 Å². The van der Waals surface area contributed by atoms with E-state index in [4.69, 9.17) is 10.8 Å². The molecule has 0 bridgehead atoms. The molecule has 1 fully saturated rings. The van der Waals surface area contributed by atoms with Crippen LogP contribution in [0.4, 0.5) is 11.4 Å². The van der Waals surface area contributed by atoms with Gasteiger partial charge in [-0.05, 0) is 55.0 Å². The van der Waals surface area contributed by atoms with Gasteiger partial charge < -0.3 is 15.7 Å². The van der Waals surface area contributed by atoms with E-state index >= 15 is 0 Å². The van der Waals surface area contributed by atoms with Gasteiger partial charge in [0.15, 0.2) is 5.17 Å². The van der Waals surface area contributed by atoms with E-state index in [2.05, 4.69) is 10.2 Å². The van der Waals surface area contributed by atoms with E-state index in [1.165, 1.54) is 24.3 Å². The standard InChI is InChI=1S/C24H25N5O4S/c1-15(4-5-16-6-10-18(11-7-16)28(2)3)26-27-24(25)34-20-14-21(30)29(22(20)31)19-12-8-17(9-13-19)23(32)33/h4-13,20H,14H2,1-3H3,(H2,25,27)(H,32,33)/b5-4+,26-15-. The van der Waals surface area contributed by atoms with Crippen LogP contribution in [0.1, 0.15) is 29.3 Å². The Balaban J connectivity index is 1.61. The molecule has 0 spiro atoms. The second-order valence-corrected chi connectivity index (χ2v) is 8.95. The predicted octanol–water partition coefficient (Wildman–Crippen LogP) is 3.22. The van der Waals surface area contributed by atoms with Crippen molar-refractivity contribution in [3.63, 3.8) is 0 Å². The summed E-state index contributed by atoms with van der Waals surface area (Å²) in [5.74, 6) is -1.91. The van der Waals surface area contributed by atoms with Crippen molar-refractivity contribution in [2.75, 3.05) is 23.9 Å². The van der Waals surface area contributed by atoms with Gasteiger partial charge in [-0.25, -0.2) is 9.69 Å². The van der Waals surface area contributed by atoms with Crippen LogP contribution in [0.15, 0.2) is 64.8 Å². The molecule has 0 saturated carbocycles. The summed E-state index contributed by atoms with van der Waals surface area (Å²) >= 11 is 0.972. The number of benzene rings is 2. The van der Waals surface area contributed by atoms with Gasteiger partial charge in [0.2, 0.25) is 11.8 Å². The monoisotopic (exact) mass is 479 g/mol. The minimum atomic E-state index is -1.09. The summed E-state index contributed by atoms with van der Waals surface area (Å²) in [6.45, 7) is 1.78. The number of carboxylic acids is 1. The van der Waals surface area contributed by atoms with Gasteiger partial charge in [-0.3, -0.25) is 9.59 Å².